The third kappa shape index (κ3) is 3.47. The predicted molar refractivity (Wildman–Crippen MR) is 124 cm³/mol. The smallest absolute Gasteiger partial charge is 0.330 e. The quantitative estimate of drug-likeness (QED) is 0.634. The molecule has 0 N–H and O–H groups in total. The lowest BCUT2D eigenvalue weighted by Gasteiger charge is -2.52. The van der Waals surface area contributed by atoms with Crippen LogP contribution in [0.1, 0.15) is 44.0 Å². The fourth-order valence-corrected chi connectivity index (χ4v) is 5.06. The van der Waals surface area contributed by atoms with E-state index < -0.39 is 0 Å². The molecule has 1 amide bonds. The molecule has 3 aromatic heterocycles. The van der Waals surface area contributed by atoms with E-state index >= 15 is 0 Å². The number of carbonyl (C=O) groups excluding carboxylic acids is 1. The maximum atomic E-state index is 13.0. The Hall–Kier alpha value is -3.16. The van der Waals surface area contributed by atoms with Gasteiger partial charge in [-0.15, -0.1) is 0 Å². The molecule has 3 fully saturated rings. The van der Waals surface area contributed by atoms with Crippen LogP contribution in [0.25, 0.3) is 11.2 Å². The number of piperazine rings is 1. The Bertz CT molecular complexity index is 1220. The Labute approximate surface area is 187 Å². The van der Waals surface area contributed by atoms with Crippen LogP contribution in [0.15, 0.2) is 41.5 Å². The number of rotatable bonds is 3. The van der Waals surface area contributed by atoms with E-state index in [4.69, 9.17) is 4.98 Å². The first kappa shape index (κ1) is 20.7. The zero-order chi connectivity index (χ0) is 22.6. The van der Waals surface area contributed by atoms with Gasteiger partial charge in [-0.3, -0.25) is 18.9 Å². The summed E-state index contributed by atoms with van der Waals surface area (Å²) < 4.78 is 3.47. The van der Waals surface area contributed by atoms with Crippen molar-refractivity contribution in [3.8, 4) is 0 Å². The summed E-state index contributed by atoms with van der Waals surface area (Å²) in [6, 6.07) is 8.05. The van der Waals surface area contributed by atoms with Crippen LogP contribution in [0.4, 0.5) is 5.82 Å². The van der Waals surface area contributed by atoms with Crippen molar-refractivity contribution in [1.82, 2.24) is 24.0 Å². The van der Waals surface area contributed by atoms with Crippen LogP contribution in [0, 0.1) is 5.41 Å². The van der Waals surface area contributed by atoms with Gasteiger partial charge in [-0.2, -0.15) is 0 Å². The molecule has 6 rings (SSSR count). The molecule has 8 heteroatoms. The minimum absolute atomic E-state index is 0.00687. The van der Waals surface area contributed by atoms with Gasteiger partial charge >= 0.3 is 5.69 Å². The topological polar surface area (TPSA) is 76.3 Å². The van der Waals surface area contributed by atoms with Gasteiger partial charge in [0, 0.05) is 51.2 Å². The molecule has 3 aliphatic heterocycles. The number of aromatic nitrogens is 4. The minimum Gasteiger partial charge on any atom is -0.350 e. The maximum Gasteiger partial charge on any atom is 0.330 e. The zero-order valence-corrected chi connectivity index (χ0v) is 19.2. The van der Waals surface area contributed by atoms with Crippen molar-refractivity contribution in [1.29, 1.82) is 0 Å². The first-order chi connectivity index (χ1) is 15.2. The Morgan fingerprint density at radius 2 is 1.91 bits per heavy atom. The SMILES string of the molecule is Cn1c(=O)n(CC(C)(C)C)c2ccc(N3C[C@H]4CC[C@@H]3CN4C(=O)c3cccnc3)nc21. The van der Waals surface area contributed by atoms with Gasteiger partial charge in [-0.1, -0.05) is 20.8 Å². The van der Waals surface area contributed by atoms with Crippen LogP contribution in [0.3, 0.4) is 0 Å². The lowest BCUT2D eigenvalue weighted by atomic mass is 9.90. The first-order valence-corrected chi connectivity index (χ1v) is 11.3. The molecule has 3 aromatic rings. The Morgan fingerprint density at radius 3 is 2.56 bits per heavy atom. The molecule has 32 heavy (non-hydrogen) atoms. The average Bonchev–Trinajstić information content (AvgIpc) is 3.02. The fourth-order valence-electron chi connectivity index (χ4n) is 5.06. The van der Waals surface area contributed by atoms with Crippen molar-refractivity contribution in [2.75, 3.05) is 18.0 Å². The second kappa shape index (κ2) is 7.46. The summed E-state index contributed by atoms with van der Waals surface area (Å²) >= 11 is 0. The number of hydrogen-bond acceptors (Lipinski definition) is 5. The van der Waals surface area contributed by atoms with Crippen LogP contribution in [0.2, 0.25) is 0 Å². The predicted octanol–water partition coefficient (Wildman–Crippen LogP) is 2.67. The number of hydrogen-bond donors (Lipinski definition) is 0. The van der Waals surface area contributed by atoms with Crippen LogP contribution >= 0.6 is 0 Å². The molecule has 0 radical (unpaired) electrons. The third-order valence-corrected chi connectivity index (χ3v) is 6.59. The van der Waals surface area contributed by atoms with Gasteiger partial charge in [-0.05, 0) is 42.5 Å². The van der Waals surface area contributed by atoms with Crippen LogP contribution in [0.5, 0.6) is 0 Å². The van der Waals surface area contributed by atoms with Gasteiger partial charge in [-0.25, -0.2) is 9.78 Å². The molecule has 3 saturated heterocycles. The number of anilines is 1. The first-order valence-electron chi connectivity index (χ1n) is 11.3. The van der Waals surface area contributed by atoms with E-state index in [2.05, 4.69) is 30.7 Å². The highest BCUT2D eigenvalue weighted by atomic mass is 16.2. The van der Waals surface area contributed by atoms with Crippen molar-refractivity contribution >= 4 is 22.9 Å². The van der Waals surface area contributed by atoms with E-state index in [1.807, 2.05) is 27.7 Å². The summed E-state index contributed by atoms with van der Waals surface area (Å²) in [4.78, 5) is 39.2. The van der Waals surface area contributed by atoms with Gasteiger partial charge in [0.05, 0.1) is 11.1 Å². The molecular weight excluding hydrogens is 404 g/mol. The van der Waals surface area contributed by atoms with E-state index in [-0.39, 0.29) is 29.1 Å². The highest BCUT2D eigenvalue weighted by Crippen LogP contribution is 2.33. The summed E-state index contributed by atoms with van der Waals surface area (Å²) in [5, 5.41) is 0. The average molecular weight is 435 g/mol. The van der Waals surface area contributed by atoms with Crippen molar-refractivity contribution < 1.29 is 4.79 Å². The summed E-state index contributed by atoms with van der Waals surface area (Å²) in [7, 11) is 1.79. The monoisotopic (exact) mass is 434 g/mol. The highest BCUT2D eigenvalue weighted by molar-refractivity contribution is 5.94. The number of pyridine rings is 2. The molecule has 6 heterocycles. The molecule has 2 bridgehead atoms. The largest absolute Gasteiger partial charge is 0.350 e. The zero-order valence-electron chi connectivity index (χ0n) is 19.2. The Balaban J connectivity index is 1.43. The van der Waals surface area contributed by atoms with Crippen molar-refractivity contribution in [3.63, 3.8) is 0 Å². The van der Waals surface area contributed by atoms with Crippen LogP contribution in [-0.2, 0) is 13.6 Å². The van der Waals surface area contributed by atoms with Gasteiger partial charge in [0.15, 0.2) is 5.65 Å². The van der Waals surface area contributed by atoms with Crippen molar-refractivity contribution in [2.24, 2.45) is 12.5 Å². The molecule has 0 saturated carbocycles. The Morgan fingerprint density at radius 1 is 1.12 bits per heavy atom. The molecule has 3 aliphatic rings. The van der Waals surface area contributed by atoms with Crippen molar-refractivity contribution in [3.05, 3.63) is 52.7 Å². The molecule has 168 valence electrons. The van der Waals surface area contributed by atoms with Crippen LogP contribution in [-0.4, -0.2) is 55.1 Å². The maximum absolute atomic E-state index is 13.0. The lowest BCUT2D eigenvalue weighted by Crippen LogP contribution is -2.64. The highest BCUT2D eigenvalue weighted by Gasteiger charge is 2.42. The summed E-state index contributed by atoms with van der Waals surface area (Å²) in [6.45, 7) is 8.47. The van der Waals surface area contributed by atoms with Gasteiger partial charge < -0.3 is 9.80 Å². The summed E-state index contributed by atoms with van der Waals surface area (Å²) in [6.07, 6.45) is 5.35. The molecule has 0 aliphatic carbocycles. The van der Waals surface area contributed by atoms with E-state index in [0.717, 1.165) is 30.7 Å². The molecule has 8 nitrogen and oxygen atoms in total. The second-order valence-electron chi connectivity index (χ2n) is 10.2. The summed E-state index contributed by atoms with van der Waals surface area (Å²) in [5.41, 5.74) is 2.18. The molecule has 0 spiro atoms. The molecule has 0 aromatic carbocycles. The standard InChI is InChI=1S/C24H30N6O2/c1-24(2,3)15-30-19-9-10-20(26-21(19)27(4)23(30)32)28-13-18-8-7-17(28)14-29(18)22(31)16-6-5-11-25-12-16/h5-6,9-12,17-18H,7-8,13-15H2,1-4H3/t17-,18-/m1/s1. The van der Waals surface area contributed by atoms with E-state index in [1.54, 1.807) is 30.1 Å². The molecule has 0 unspecified atom stereocenters. The summed E-state index contributed by atoms with van der Waals surface area (Å²) in [5.74, 6) is 0.932. The normalized spacial score (nSPS) is 20.9. The fraction of sp³-hybridized carbons (Fsp3) is 0.500. The molecular formula is C24H30N6O2. The second-order valence-corrected chi connectivity index (χ2v) is 10.2. The number of imidazole rings is 1. The van der Waals surface area contributed by atoms with Gasteiger partial charge in [0.25, 0.3) is 5.91 Å². The van der Waals surface area contributed by atoms with Gasteiger partial charge in [0.1, 0.15) is 5.82 Å². The third-order valence-electron chi connectivity index (χ3n) is 6.59. The number of carbonyl (C=O) groups is 1. The van der Waals surface area contributed by atoms with E-state index in [1.165, 1.54) is 0 Å². The van der Waals surface area contributed by atoms with Crippen LogP contribution < -0.4 is 10.6 Å². The Kier molecular flexibility index (Phi) is 4.83. The molecule has 2 atom stereocenters. The number of nitrogens with zero attached hydrogens (tertiary/aromatic N) is 6. The van der Waals surface area contributed by atoms with E-state index in [0.29, 0.717) is 24.3 Å². The number of aryl methyl sites for hydroxylation is 1. The number of piperidine rings is 2. The number of amides is 1. The van der Waals surface area contributed by atoms with Crippen molar-refractivity contribution in [2.45, 2.75) is 52.2 Å². The minimum atomic E-state index is -0.0343. The number of fused-ring (bicyclic) bond motifs is 4. The van der Waals surface area contributed by atoms with E-state index in [9.17, 15) is 9.59 Å². The lowest BCUT2D eigenvalue weighted by molar-refractivity contribution is 0.0504. The van der Waals surface area contributed by atoms with Gasteiger partial charge in [0.2, 0.25) is 0 Å².